The highest BCUT2D eigenvalue weighted by molar-refractivity contribution is 5.82. The number of carbonyl (C=O) groups excluding carboxylic acids is 1. The molecule has 0 saturated carbocycles. The smallest absolute Gasteiger partial charge is 0.140 e. The number of carbonyl (C=O) groups is 1. The quantitative estimate of drug-likeness (QED) is 0.808. The van der Waals surface area contributed by atoms with E-state index in [2.05, 4.69) is 0 Å². The number of aliphatic hydroxyl groups excluding tert-OH is 1. The fraction of sp³-hybridized carbons (Fsp3) is 0.533. The van der Waals surface area contributed by atoms with Gasteiger partial charge in [-0.05, 0) is 5.56 Å². The van der Waals surface area contributed by atoms with Crippen molar-refractivity contribution in [1.29, 1.82) is 0 Å². The highest BCUT2D eigenvalue weighted by atomic mass is 16.5. The third-order valence-electron chi connectivity index (χ3n) is 3.00. The van der Waals surface area contributed by atoms with Crippen molar-refractivity contribution < 1.29 is 14.6 Å². The normalized spacial score (nSPS) is 14.5. The lowest BCUT2D eigenvalue weighted by atomic mass is 9.92. The lowest BCUT2D eigenvalue weighted by Crippen LogP contribution is -2.32. The van der Waals surface area contributed by atoms with Crippen molar-refractivity contribution in [2.75, 3.05) is 6.61 Å². The standard InChI is InChI=1S/C15H22O3/c1-11(2)15(17)12(3)14(16)10-18-9-13-7-5-4-6-8-13/h4-8,11-12,14,16H,9-10H2,1-3H3/t12-,14-/m0/s1. The van der Waals surface area contributed by atoms with Gasteiger partial charge in [-0.2, -0.15) is 0 Å². The van der Waals surface area contributed by atoms with Crippen molar-refractivity contribution in [3.05, 3.63) is 35.9 Å². The van der Waals surface area contributed by atoms with Crippen LogP contribution in [0.5, 0.6) is 0 Å². The number of benzene rings is 1. The molecule has 1 N–H and O–H groups in total. The maximum absolute atomic E-state index is 11.7. The molecule has 0 saturated heterocycles. The van der Waals surface area contributed by atoms with Crippen LogP contribution in [0.15, 0.2) is 30.3 Å². The molecular formula is C15H22O3. The Kier molecular flexibility index (Phi) is 6.02. The second kappa shape index (κ2) is 7.29. The molecule has 18 heavy (non-hydrogen) atoms. The summed E-state index contributed by atoms with van der Waals surface area (Å²) >= 11 is 0. The maximum Gasteiger partial charge on any atom is 0.140 e. The van der Waals surface area contributed by atoms with Gasteiger partial charge in [0, 0.05) is 11.8 Å². The van der Waals surface area contributed by atoms with Gasteiger partial charge in [-0.25, -0.2) is 0 Å². The summed E-state index contributed by atoms with van der Waals surface area (Å²) in [7, 11) is 0. The predicted molar refractivity (Wildman–Crippen MR) is 71.1 cm³/mol. The second-order valence-electron chi connectivity index (χ2n) is 4.91. The van der Waals surface area contributed by atoms with E-state index in [9.17, 15) is 9.90 Å². The van der Waals surface area contributed by atoms with Gasteiger partial charge in [0.25, 0.3) is 0 Å². The molecule has 0 aromatic heterocycles. The lowest BCUT2D eigenvalue weighted by molar-refractivity contribution is -0.130. The average molecular weight is 250 g/mol. The van der Waals surface area contributed by atoms with Gasteiger partial charge in [-0.15, -0.1) is 0 Å². The zero-order valence-electron chi connectivity index (χ0n) is 11.3. The molecule has 1 aromatic carbocycles. The van der Waals surface area contributed by atoms with Crippen molar-refractivity contribution in [2.24, 2.45) is 11.8 Å². The zero-order valence-corrected chi connectivity index (χ0v) is 11.3. The SMILES string of the molecule is CC(C)C(=O)[C@@H](C)[C@@H](O)COCc1ccccc1. The Labute approximate surface area is 109 Å². The van der Waals surface area contributed by atoms with Gasteiger partial charge in [0.2, 0.25) is 0 Å². The van der Waals surface area contributed by atoms with Crippen LogP contribution in [0.4, 0.5) is 0 Å². The zero-order chi connectivity index (χ0) is 13.5. The summed E-state index contributed by atoms with van der Waals surface area (Å²) in [4.78, 5) is 11.7. The fourth-order valence-corrected chi connectivity index (χ4v) is 1.73. The third kappa shape index (κ3) is 4.59. The number of ether oxygens (including phenoxy) is 1. The molecule has 0 aliphatic heterocycles. The molecule has 0 unspecified atom stereocenters. The maximum atomic E-state index is 11.7. The first-order chi connectivity index (χ1) is 8.52. The number of Topliss-reactive ketones (excluding diaryl/α,β-unsaturated/α-hetero) is 1. The molecule has 1 rings (SSSR count). The molecular weight excluding hydrogens is 228 g/mol. The van der Waals surface area contributed by atoms with E-state index in [1.165, 1.54) is 0 Å². The summed E-state index contributed by atoms with van der Waals surface area (Å²) in [5, 5.41) is 9.87. The van der Waals surface area contributed by atoms with Crippen LogP contribution >= 0.6 is 0 Å². The van der Waals surface area contributed by atoms with E-state index in [1.807, 2.05) is 44.2 Å². The fourth-order valence-electron chi connectivity index (χ4n) is 1.73. The van der Waals surface area contributed by atoms with Gasteiger partial charge in [0.15, 0.2) is 0 Å². The number of rotatable bonds is 7. The molecule has 0 spiro atoms. The highest BCUT2D eigenvalue weighted by Gasteiger charge is 2.23. The van der Waals surface area contributed by atoms with Crippen LogP contribution in [0.3, 0.4) is 0 Å². The highest BCUT2D eigenvalue weighted by Crippen LogP contribution is 2.12. The second-order valence-corrected chi connectivity index (χ2v) is 4.91. The van der Waals surface area contributed by atoms with E-state index in [4.69, 9.17) is 4.74 Å². The Bertz CT molecular complexity index is 359. The predicted octanol–water partition coefficient (Wildman–Crippen LogP) is 2.43. The van der Waals surface area contributed by atoms with Crippen LogP contribution in [0.25, 0.3) is 0 Å². The number of hydrogen-bond acceptors (Lipinski definition) is 3. The van der Waals surface area contributed by atoms with Gasteiger partial charge >= 0.3 is 0 Å². The van der Waals surface area contributed by atoms with E-state index in [-0.39, 0.29) is 24.2 Å². The Balaban J connectivity index is 2.33. The van der Waals surface area contributed by atoms with Crippen LogP contribution in [0.1, 0.15) is 26.3 Å². The van der Waals surface area contributed by atoms with Crippen molar-refractivity contribution in [3.8, 4) is 0 Å². The molecule has 0 aliphatic carbocycles. The van der Waals surface area contributed by atoms with E-state index in [1.54, 1.807) is 6.92 Å². The number of hydrogen-bond donors (Lipinski definition) is 1. The molecule has 2 atom stereocenters. The van der Waals surface area contributed by atoms with E-state index < -0.39 is 6.10 Å². The molecule has 1 aromatic rings. The minimum absolute atomic E-state index is 0.0521. The first kappa shape index (κ1) is 14.9. The summed E-state index contributed by atoms with van der Waals surface area (Å²) in [5.74, 6) is -0.352. The minimum atomic E-state index is -0.733. The summed E-state index contributed by atoms with van der Waals surface area (Å²) in [6, 6.07) is 9.77. The van der Waals surface area contributed by atoms with E-state index in [0.717, 1.165) is 5.56 Å². The van der Waals surface area contributed by atoms with Crippen LogP contribution in [0, 0.1) is 11.8 Å². The summed E-state index contributed by atoms with van der Waals surface area (Å²) in [6.45, 7) is 6.08. The number of aliphatic hydroxyl groups is 1. The average Bonchev–Trinajstić information content (AvgIpc) is 2.38. The molecule has 0 radical (unpaired) electrons. The van der Waals surface area contributed by atoms with Gasteiger partial charge in [-0.3, -0.25) is 4.79 Å². The number of ketones is 1. The van der Waals surface area contributed by atoms with Crippen LogP contribution < -0.4 is 0 Å². The van der Waals surface area contributed by atoms with E-state index in [0.29, 0.717) is 6.61 Å². The third-order valence-corrected chi connectivity index (χ3v) is 3.00. The lowest BCUT2D eigenvalue weighted by Gasteiger charge is -2.19. The molecule has 0 heterocycles. The molecule has 3 heteroatoms. The van der Waals surface area contributed by atoms with Crippen LogP contribution in [-0.4, -0.2) is 23.6 Å². The Hall–Kier alpha value is -1.19. The van der Waals surface area contributed by atoms with Crippen molar-refractivity contribution in [3.63, 3.8) is 0 Å². The summed E-state index contributed by atoms with van der Waals surface area (Å²) in [6.07, 6.45) is -0.733. The van der Waals surface area contributed by atoms with E-state index >= 15 is 0 Å². The van der Waals surface area contributed by atoms with Gasteiger partial charge in [0.1, 0.15) is 5.78 Å². The Morgan fingerprint density at radius 2 is 1.83 bits per heavy atom. The van der Waals surface area contributed by atoms with Crippen LogP contribution in [-0.2, 0) is 16.1 Å². The summed E-state index contributed by atoms with van der Waals surface area (Å²) in [5.41, 5.74) is 1.06. The first-order valence-corrected chi connectivity index (χ1v) is 6.35. The van der Waals surface area contributed by atoms with Crippen molar-refractivity contribution in [1.82, 2.24) is 0 Å². The largest absolute Gasteiger partial charge is 0.390 e. The Morgan fingerprint density at radius 1 is 1.22 bits per heavy atom. The van der Waals surface area contributed by atoms with Gasteiger partial charge in [0.05, 0.1) is 19.3 Å². The molecule has 0 amide bonds. The molecule has 100 valence electrons. The Morgan fingerprint density at radius 3 is 2.39 bits per heavy atom. The molecule has 3 nitrogen and oxygen atoms in total. The van der Waals surface area contributed by atoms with Gasteiger partial charge in [-0.1, -0.05) is 51.1 Å². The first-order valence-electron chi connectivity index (χ1n) is 6.35. The summed E-state index contributed by atoms with van der Waals surface area (Å²) < 4.78 is 5.43. The topological polar surface area (TPSA) is 46.5 Å². The van der Waals surface area contributed by atoms with Crippen LogP contribution in [0.2, 0.25) is 0 Å². The molecule has 0 bridgehead atoms. The van der Waals surface area contributed by atoms with Gasteiger partial charge < -0.3 is 9.84 Å². The van der Waals surface area contributed by atoms with Crippen molar-refractivity contribution in [2.45, 2.75) is 33.5 Å². The molecule has 0 fully saturated rings. The monoisotopic (exact) mass is 250 g/mol. The minimum Gasteiger partial charge on any atom is -0.390 e. The molecule has 0 aliphatic rings. The van der Waals surface area contributed by atoms with Crippen molar-refractivity contribution >= 4 is 5.78 Å².